The van der Waals surface area contributed by atoms with Crippen LogP contribution in [0.4, 0.5) is 0 Å². The fourth-order valence-corrected chi connectivity index (χ4v) is 2.47. The van der Waals surface area contributed by atoms with Crippen molar-refractivity contribution in [3.05, 3.63) is 29.6 Å². The molecular weight excluding hydrogens is 242 g/mol. The lowest BCUT2D eigenvalue weighted by Crippen LogP contribution is -2.57. The second kappa shape index (κ2) is 5.27. The molecule has 2 rings (SSSR count). The zero-order valence-electron chi connectivity index (χ0n) is 11.8. The summed E-state index contributed by atoms with van der Waals surface area (Å²) < 4.78 is 0. The van der Waals surface area contributed by atoms with Crippen molar-refractivity contribution in [1.82, 2.24) is 14.8 Å². The van der Waals surface area contributed by atoms with E-state index < -0.39 is 11.5 Å². The Morgan fingerprint density at radius 2 is 1.95 bits per heavy atom. The van der Waals surface area contributed by atoms with Gasteiger partial charge in [0, 0.05) is 31.9 Å². The van der Waals surface area contributed by atoms with Crippen LogP contribution in [0.3, 0.4) is 0 Å². The zero-order valence-corrected chi connectivity index (χ0v) is 11.8. The minimum Gasteiger partial charge on any atom is -0.480 e. The van der Waals surface area contributed by atoms with Crippen LogP contribution in [0.15, 0.2) is 18.2 Å². The molecule has 1 aliphatic rings. The highest BCUT2D eigenvalue weighted by atomic mass is 16.4. The van der Waals surface area contributed by atoms with Crippen molar-refractivity contribution in [2.24, 2.45) is 0 Å². The Kier molecular flexibility index (Phi) is 3.87. The first-order valence-corrected chi connectivity index (χ1v) is 6.55. The third-order valence-corrected chi connectivity index (χ3v) is 3.94. The molecule has 0 spiro atoms. The molecule has 2 heterocycles. The Labute approximate surface area is 113 Å². The Morgan fingerprint density at radius 1 is 1.32 bits per heavy atom. The number of nitrogens with zero attached hydrogens (tertiary/aromatic N) is 3. The quantitative estimate of drug-likeness (QED) is 0.879. The summed E-state index contributed by atoms with van der Waals surface area (Å²) in [7, 11) is 2.06. The van der Waals surface area contributed by atoms with Crippen molar-refractivity contribution in [3.8, 4) is 0 Å². The van der Waals surface area contributed by atoms with Crippen LogP contribution in [-0.4, -0.2) is 59.1 Å². The standard InChI is InChI=1S/C14H21N3O2/c1-11-5-4-6-12(15-11)14(2,13(18)19)17-9-7-16(3)8-10-17/h4-6H,7-10H2,1-3H3,(H,18,19). The number of aromatic nitrogens is 1. The van der Waals surface area contributed by atoms with Crippen molar-refractivity contribution < 1.29 is 9.90 Å². The van der Waals surface area contributed by atoms with E-state index in [4.69, 9.17) is 0 Å². The van der Waals surface area contributed by atoms with Gasteiger partial charge in [-0.25, -0.2) is 4.79 Å². The van der Waals surface area contributed by atoms with E-state index in [0.717, 1.165) is 31.9 Å². The van der Waals surface area contributed by atoms with Gasteiger partial charge >= 0.3 is 5.97 Å². The van der Waals surface area contributed by atoms with E-state index in [2.05, 4.69) is 16.9 Å². The SMILES string of the molecule is Cc1cccc(C(C)(C(=O)O)N2CCN(C)CC2)n1. The zero-order chi connectivity index (χ0) is 14.0. The van der Waals surface area contributed by atoms with E-state index in [1.54, 1.807) is 13.0 Å². The van der Waals surface area contributed by atoms with Crippen molar-refractivity contribution in [3.63, 3.8) is 0 Å². The van der Waals surface area contributed by atoms with Crippen molar-refractivity contribution in [2.75, 3.05) is 33.2 Å². The molecule has 5 heteroatoms. The van der Waals surface area contributed by atoms with Crippen molar-refractivity contribution in [1.29, 1.82) is 0 Å². The topological polar surface area (TPSA) is 56.7 Å². The largest absolute Gasteiger partial charge is 0.480 e. The number of pyridine rings is 1. The van der Waals surface area contributed by atoms with Crippen LogP contribution < -0.4 is 0 Å². The number of carboxylic acid groups (broad SMARTS) is 1. The summed E-state index contributed by atoms with van der Waals surface area (Å²) >= 11 is 0. The fraction of sp³-hybridized carbons (Fsp3) is 0.571. The van der Waals surface area contributed by atoms with E-state index >= 15 is 0 Å². The average Bonchev–Trinajstić information content (AvgIpc) is 2.38. The molecule has 1 saturated heterocycles. The van der Waals surface area contributed by atoms with Crippen LogP contribution in [0.1, 0.15) is 18.3 Å². The van der Waals surface area contributed by atoms with Crippen LogP contribution >= 0.6 is 0 Å². The first kappa shape index (κ1) is 14.0. The monoisotopic (exact) mass is 263 g/mol. The predicted molar refractivity (Wildman–Crippen MR) is 73.0 cm³/mol. The fourth-order valence-electron chi connectivity index (χ4n) is 2.47. The molecule has 5 nitrogen and oxygen atoms in total. The number of hydrogen-bond acceptors (Lipinski definition) is 4. The number of rotatable bonds is 3. The highest BCUT2D eigenvalue weighted by Gasteiger charge is 2.43. The molecule has 1 aromatic rings. The smallest absolute Gasteiger partial charge is 0.330 e. The lowest BCUT2D eigenvalue weighted by Gasteiger charge is -2.42. The highest BCUT2D eigenvalue weighted by Crippen LogP contribution is 2.28. The Bertz CT molecular complexity index is 470. The minimum atomic E-state index is -1.05. The van der Waals surface area contributed by atoms with Gasteiger partial charge in [0.05, 0.1) is 5.69 Å². The number of carbonyl (C=O) groups is 1. The number of piperazine rings is 1. The number of likely N-dealkylation sites (N-methyl/N-ethyl adjacent to an activating group) is 1. The summed E-state index contributed by atoms with van der Waals surface area (Å²) in [5.74, 6) is -0.838. The van der Waals surface area contributed by atoms with Crippen LogP contribution in [0.2, 0.25) is 0 Å². The molecule has 0 aromatic carbocycles. The molecular formula is C14H21N3O2. The summed E-state index contributed by atoms with van der Waals surface area (Å²) in [5, 5.41) is 9.70. The van der Waals surface area contributed by atoms with Crippen molar-refractivity contribution in [2.45, 2.75) is 19.4 Å². The summed E-state index contributed by atoms with van der Waals surface area (Å²) in [6, 6.07) is 5.56. The predicted octanol–water partition coefficient (Wildman–Crippen LogP) is 0.937. The van der Waals surface area contributed by atoms with E-state index in [1.165, 1.54) is 0 Å². The summed E-state index contributed by atoms with van der Waals surface area (Å²) in [6.45, 7) is 6.89. The Hall–Kier alpha value is -1.46. The minimum absolute atomic E-state index is 0.615. The van der Waals surface area contributed by atoms with Gasteiger partial charge in [-0.3, -0.25) is 9.88 Å². The molecule has 0 amide bonds. The van der Waals surface area contributed by atoms with Crippen molar-refractivity contribution >= 4 is 5.97 Å². The average molecular weight is 263 g/mol. The van der Waals surface area contributed by atoms with E-state index in [1.807, 2.05) is 24.0 Å². The Balaban J connectivity index is 2.35. The molecule has 1 N–H and O–H groups in total. The highest BCUT2D eigenvalue weighted by molar-refractivity contribution is 5.79. The van der Waals surface area contributed by atoms with Gasteiger partial charge < -0.3 is 10.0 Å². The molecule has 1 atom stereocenters. The third kappa shape index (κ3) is 2.62. The van der Waals surface area contributed by atoms with Gasteiger partial charge in [0.25, 0.3) is 0 Å². The second-order valence-corrected chi connectivity index (χ2v) is 5.33. The number of aryl methyl sites for hydroxylation is 1. The van der Waals surface area contributed by atoms with Gasteiger partial charge in [0.2, 0.25) is 0 Å². The molecule has 1 fully saturated rings. The molecule has 0 saturated carbocycles. The Morgan fingerprint density at radius 3 is 2.47 bits per heavy atom. The first-order valence-electron chi connectivity index (χ1n) is 6.55. The summed E-state index contributed by atoms with van der Waals surface area (Å²) in [6.07, 6.45) is 0. The number of aliphatic carboxylic acids is 1. The molecule has 1 aromatic heterocycles. The molecule has 19 heavy (non-hydrogen) atoms. The third-order valence-electron chi connectivity index (χ3n) is 3.94. The maximum atomic E-state index is 11.8. The van der Waals surface area contributed by atoms with Gasteiger partial charge in [-0.1, -0.05) is 6.07 Å². The molecule has 1 unspecified atom stereocenters. The number of hydrogen-bond donors (Lipinski definition) is 1. The normalized spacial score (nSPS) is 21.0. The maximum Gasteiger partial charge on any atom is 0.330 e. The first-order chi connectivity index (χ1) is 8.94. The second-order valence-electron chi connectivity index (χ2n) is 5.33. The van der Waals surface area contributed by atoms with Gasteiger partial charge in [-0.05, 0) is 33.0 Å². The number of carboxylic acids is 1. The van der Waals surface area contributed by atoms with Gasteiger partial charge in [-0.15, -0.1) is 0 Å². The van der Waals surface area contributed by atoms with E-state index in [-0.39, 0.29) is 0 Å². The molecule has 0 aliphatic carbocycles. The van der Waals surface area contributed by atoms with E-state index in [0.29, 0.717) is 5.69 Å². The van der Waals surface area contributed by atoms with Crippen LogP contribution in [0, 0.1) is 6.92 Å². The van der Waals surface area contributed by atoms with Gasteiger partial charge in [0.1, 0.15) is 0 Å². The van der Waals surface area contributed by atoms with Gasteiger partial charge in [0.15, 0.2) is 5.54 Å². The lowest BCUT2D eigenvalue weighted by atomic mass is 9.93. The molecule has 1 aliphatic heterocycles. The van der Waals surface area contributed by atoms with Crippen LogP contribution in [-0.2, 0) is 10.3 Å². The lowest BCUT2D eigenvalue weighted by molar-refractivity contribution is -0.153. The summed E-state index contributed by atoms with van der Waals surface area (Å²) in [5.41, 5.74) is 0.413. The molecule has 0 bridgehead atoms. The van der Waals surface area contributed by atoms with Crippen LogP contribution in [0.5, 0.6) is 0 Å². The van der Waals surface area contributed by atoms with E-state index in [9.17, 15) is 9.90 Å². The summed E-state index contributed by atoms with van der Waals surface area (Å²) in [4.78, 5) is 20.5. The molecule has 0 radical (unpaired) electrons. The maximum absolute atomic E-state index is 11.8. The van der Waals surface area contributed by atoms with Gasteiger partial charge in [-0.2, -0.15) is 0 Å². The molecule has 104 valence electrons. The van der Waals surface area contributed by atoms with Crippen LogP contribution in [0.25, 0.3) is 0 Å².